The van der Waals surface area contributed by atoms with Gasteiger partial charge in [0.15, 0.2) is 0 Å². The number of aryl methyl sites for hydroxylation is 4. The van der Waals surface area contributed by atoms with Crippen LogP contribution in [0, 0.1) is 27.7 Å². The third-order valence-electron chi connectivity index (χ3n) is 3.49. The summed E-state index contributed by atoms with van der Waals surface area (Å²) in [7, 11) is 9.87. The van der Waals surface area contributed by atoms with Crippen molar-refractivity contribution in [3.8, 4) is 23.0 Å². The van der Waals surface area contributed by atoms with E-state index in [-0.39, 0.29) is 11.5 Å². The Hall–Kier alpha value is -0.897. The molecule has 148 valence electrons. The van der Waals surface area contributed by atoms with Gasteiger partial charge in [0.2, 0.25) is 0 Å². The van der Waals surface area contributed by atoms with E-state index in [0.29, 0.717) is 13.2 Å². The van der Waals surface area contributed by atoms with Gasteiger partial charge >= 0.3 is 37.9 Å². The molecule has 0 unspecified atom stereocenters. The molecule has 0 saturated carbocycles. The fourth-order valence-corrected chi connectivity index (χ4v) is 2.32. The standard InChI is InChI=1S/2C10H14O2.2ClH.Zr/c2*1-4-12-9-5-7(2)10(11)8(3)6-9;;;/h2*5-6,11H,4H2,1-3H3;2*1H;/q;;;;+4/p-4. The van der Waals surface area contributed by atoms with Crippen molar-refractivity contribution in [2.45, 2.75) is 41.5 Å². The van der Waals surface area contributed by atoms with Crippen molar-refractivity contribution in [1.82, 2.24) is 0 Å². The topological polar surface area (TPSA) is 64.6 Å². The summed E-state index contributed by atoms with van der Waals surface area (Å²) in [4.78, 5) is 0. The quantitative estimate of drug-likeness (QED) is 0.607. The fourth-order valence-electron chi connectivity index (χ4n) is 2.32. The van der Waals surface area contributed by atoms with E-state index >= 15 is 0 Å². The van der Waals surface area contributed by atoms with E-state index in [1.807, 2.05) is 13.8 Å². The molecule has 0 atom stereocenters. The van der Waals surface area contributed by atoms with Gasteiger partial charge in [-0.1, -0.05) is 22.3 Å². The average molecular weight is 493 g/mol. The molecule has 0 saturated heterocycles. The van der Waals surface area contributed by atoms with E-state index < -0.39 is 20.8 Å². The molecule has 2 aromatic rings. The number of rotatable bonds is 4. The zero-order valence-electron chi connectivity index (χ0n) is 16.6. The molecule has 2 rings (SSSR count). The summed E-state index contributed by atoms with van der Waals surface area (Å²) < 4.78 is 10.6. The minimum absolute atomic E-state index is 0.110. The Morgan fingerprint density at radius 3 is 1.11 bits per heavy atom. The van der Waals surface area contributed by atoms with Crippen molar-refractivity contribution >= 4 is 17.0 Å². The van der Waals surface area contributed by atoms with E-state index in [1.165, 1.54) is 0 Å². The van der Waals surface area contributed by atoms with Crippen LogP contribution < -0.4 is 19.7 Å². The second-order valence-electron chi connectivity index (χ2n) is 5.71. The van der Waals surface area contributed by atoms with Gasteiger partial charge < -0.3 is 19.7 Å². The normalized spacial score (nSPS) is 9.19. The van der Waals surface area contributed by atoms with Crippen molar-refractivity contribution < 1.29 is 40.5 Å². The van der Waals surface area contributed by atoms with Crippen molar-refractivity contribution in [2.24, 2.45) is 0 Å². The van der Waals surface area contributed by atoms with Crippen LogP contribution in [0.2, 0.25) is 0 Å². The Labute approximate surface area is 181 Å². The van der Waals surface area contributed by atoms with E-state index in [4.69, 9.17) is 26.5 Å². The Morgan fingerprint density at radius 1 is 0.704 bits per heavy atom. The van der Waals surface area contributed by atoms with Gasteiger partial charge in [-0.3, -0.25) is 0 Å². The third-order valence-corrected chi connectivity index (χ3v) is 3.49. The Morgan fingerprint density at radius 2 is 0.926 bits per heavy atom. The van der Waals surface area contributed by atoms with Crippen LogP contribution in [-0.2, 0) is 20.8 Å². The summed E-state index contributed by atoms with van der Waals surface area (Å²) in [6.45, 7) is 12.3. The van der Waals surface area contributed by atoms with Gasteiger partial charge in [0.05, 0.1) is 13.2 Å². The predicted octanol–water partition coefficient (Wildman–Crippen LogP) is 4.93. The first kappa shape index (κ1) is 26.1. The van der Waals surface area contributed by atoms with Crippen LogP contribution in [0.4, 0.5) is 0 Å². The van der Waals surface area contributed by atoms with Gasteiger partial charge in [0, 0.05) is 0 Å². The summed E-state index contributed by atoms with van der Waals surface area (Å²) in [6, 6.07) is 7.11. The summed E-state index contributed by atoms with van der Waals surface area (Å²) in [5.41, 5.74) is 2.99. The number of hydrogen-bond acceptors (Lipinski definition) is 4. The van der Waals surface area contributed by atoms with Gasteiger partial charge in [-0.2, -0.15) is 0 Å². The number of hydrogen-bond donors (Lipinski definition) is 0. The molecule has 0 fully saturated rings. The molecular weight excluding hydrogens is 466 g/mol. The van der Waals surface area contributed by atoms with Crippen molar-refractivity contribution in [2.75, 3.05) is 13.2 Å². The maximum absolute atomic E-state index is 11.3. The van der Waals surface area contributed by atoms with E-state index in [0.717, 1.165) is 33.8 Å². The summed E-state index contributed by atoms with van der Waals surface area (Å²) >= 11 is -0.826. The Balaban J connectivity index is 0.000000438. The molecule has 0 bridgehead atoms. The van der Waals surface area contributed by atoms with Crippen LogP contribution in [-0.4, -0.2) is 13.2 Å². The molecular formula is C20H26Cl2O4Zr. The van der Waals surface area contributed by atoms with Crippen molar-refractivity contribution in [1.29, 1.82) is 0 Å². The van der Waals surface area contributed by atoms with Gasteiger partial charge in [-0.25, -0.2) is 0 Å². The van der Waals surface area contributed by atoms with Gasteiger partial charge in [-0.05, 0) is 65.8 Å². The second-order valence-corrected chi connectivity index (χ2v) is 9.44. The van der Waals surface area contributed by atoms with Crippen LogP contribution >= 0.6 is 17.0 Å². The molecule has 0 spiro atoms. The SMILES string of the molecule is CCOc1cc(C)c([O-])c(C)c1.CCOc1cc(C)c([O-])c(C)c1.[Cl][Zr+2][Cl]. The Kier molecular flexibility index (Phi) is 13.7. The molecule has 0 aromatic heterocycles. The van der Waals surface area contributed by atoms with E-state index in [9.17, 15) is 10.2 Å². The molecule has 0 aliphatic heterocycles. The molecule has 4 nitrogen and oxygen atoms in total. The number of ether oxygens (including phenoxy) is 2. The van der Waals surface area contributed by atoms with Crippen LogP contribution in [0.3, 0.4) is 0 Å². The van der Waals surface area contributed by atoms with Crippen LogP contribution in [0.5, 0.6) is 23.0 Å². The summed E-state index contributed by atoms with van der Waals surface area (Å²) in [6.07, 6.45) is 0. The zero-order chi connectivity index (χ0) is 21.0. The zero-order valence-corrected chi connectivity index (χ0v) is 20.6. The van der Waals surface area contributed by atoms with Crippen molar-refractivity contribution in [3.05, 3.63) is 46.5 Å². The second kappa shape index (κ2) is 14.2. The fraction of sp³-hybridized carbons (Fsp3) is 0.400. The van der Waals surface area contributed by atoms with Crippen LogP contribution in [0.15, 0.2) is 24.3 Å². The number of halogens is 2. The maximum atomic E-state index is 11.3. The molecule has 7 heteroatoms. The molecule has 0 radical (unpaired) electrons. The van der Waals surface area contributed by atoms with Gasteiger partial charge in [0.1, 0.15) is 11.5 Å². The monoisotopic (exact) mass is 490 g/mol. The van der Waals surface area contributed by atoms with Crippen LogP contribution in [0.1, 0.15) is 36.1 Å². The Bertz CT molecular complexity index is 603. The molecule has 0 N–H and O–H groups in total. The third kappa shape index (κ3) is 9.73. The van der Waals surface area contributed by atoms with Gasteiger partial charge in [0.25, 0.3) is 0 Å². The van der Waals surface area contributed by atoms with Crippen molar-refractivity contribution in [3.63, 3.8) is 0 Å². The first-order valence-electron chi connectivity index (χ1n) is 8.50. The minimum atomic E-state index is -0.826. The molecule has 0 aliphatic carbocycles. The predicted molar refractivity (Wildman–Crippen MR) is 105 cm³/mol. The molecule has 0 heterocycles. The molecule has 0 aliphatic rings. The van der Waals surface area contributed by atoms with E-state index in [1.54, 1.807) is 52.0 Å². The van der Waals surface area contributed by atoms with Gasteiger partial charge in [-0.15, -0.1) is 11.5 Å². The van der Waals surface area contributed by atoms with Crippen LogP contribution in [0.25, 0.3) is 0 Å². The molecule has 2 aromatic carbocycles. The molecule has 27 heavy (non-hydrogen) atoms. The summed E-state index contributed by atoms with van der Waals surface area (Å²) in [5, 5.41) is 22.5. The first-order chi connectivity index (χ1) is 12.7. The average Bonchev–Trinajstić information content (AvgIpc) is 2.59. The van der Waals surface area contributed by atoms with E-state index in [2.05, 4.69) is 0 Å². The summed E-state index contributed by atoms with van der Waals surface area (Å²) in [5.74, 6) is 1.79. The number of benzene rings is 2. The molecule has 0 amide bonds. The first-order valence-corrected chi connectivity index (χ1v) is 14.8.